The van der Waals surface area contributed by atoms with E-state index in [4.69, 9.17) is 22.8 Å². The summed E-state index contributed by atoms with van der Waals surface area (Å²) < 4.78 is 5.44. The molecule has 1 aliphatic rings. The van der Waals surface area contributed by atoms with Crippen LogP contribution in [0.5, 0.6) is 0 Å². The van der Waals surface area contributed by atoms with Gasteiger partial charge in [-0.25, -0.2) is 10.6 Å². The molecule has 138 valence electrons. The summed E-state index contributed by atoms with van der Waals surface area (Å²) in [5, 5.41) is 15.3. The Kier molecular flexibility index (Phi) is 5.38. The van der Waals surface area contributed by atoms with Crippen molar-refractivity contribution in [3.63, 3.8) is 0 Å². The van der Waals surface area contributed by atoms with Gasteiger partial charge >= 0.3 is 5.97 Å². The van der Waals surface area contributed by atoms with Crippen LogP contribution < -0.4 is 16.7 Å². The number of rotatable bonds is 5. The smallest absolute Gasteiger partial charge is 0.339 e. The van der Waals surface area contributed by atoms with Gasteiger partial charge in [0.1, 0.15) is 6.10 Å². The third-order valence-electron chi connectivity index (χ3n) is 3.97. The van der Waals surface area contributed by atoms with Crippen molar-refractivity contribution in [1.29, 1.82) is 0 Å². The average Bonchev–Trinajstić information content (AvgIpc) is 3.00. The second-order valence-corrected chi connectivity index (χ2v) is 6.04. The molecule has 2 aromatic rings. The Morgan fingerprint density at radius 3 is 2.81 bits per heavy atom. The predicted molar refractivity (Wildman–Crippen MR) is 102 cm³/mol. The summed E-state index contributed by atoms with van der Waals surface area (Å²) in [5.74, 6) is 4.81. The van der Waals surface area contributed by atoms with Crippen LogP contribution in [0.15, 0.2) is 53.6 Å². The first kappa shape index (κ1) is 18.4. The second kappa shape index (κ2) is 7.89. The Bertz CT molecular complexity index is 946. The van der Waals surface area contributed by atoms with E-state index in [0.717, 1.165) is 5.56 Å². The van der Waals surface area contributed by atoms with Gasteiger partial charge in [0.25, 0.3) is 5.69 Å². The Hall–Kier alpha value is -3.37. The molecule has 3 rings (SSSR count). The first-order valence-electron chi connectivity index (χ1n) is 7.87. The lowest BCUT2D eigenvalue weighted by Gasteiger charge is -2.14. The van der Waals surface area contributed by atoms with Gasteiger partial charge in [0.2, 0.25) is 5.11 Å². The molecule has 2 aromatic carbocycles. The number of benzene rings is 2. The molecule has 0 spiro atoms. The SMILES string of the molecule is NNC(=S)NN=C(CC1OC(=O)c2ccccc21)c1cccc([N+](=O)[O-])c1. The normalized spacial score (nSPS) is 15.7. The summed E-state index contributed by atoms with van der Waals surface area (Å²) in [7, 11) is 0. The number of fused-ring (bicyclic) bond motifs is 1. The zero-order chi connectivity index (χ0) is 19.4. The van der Waals surface area contributed by atoms with E-state index in [-0.39, 0.29) is 17.2 Å². The van der Waals surface area contributed by atoms with Crippen molar-refractivity contribution in [3.05, 3.63) is 75.3 Å². The van der Waals surface area contributed by atoms with Crippen LogP contribution in [0.25, 0.3) is 0 Å². The standard InChI is InChI=1S/C17H15N5O4S/c18-19-17(27)21-20-14(10-4-3-5-11(8-10)22(24)25)9-15-12-6-1-2-7-13(12)16(23)26-15/h1-8,15H,9,18H2,(H2,19,21,27). The van der Waals surface area contributed by atoms with Crippen molar-refractivity contribution in [2.75, 3.05) is 0 Å². The zero-order valence-electron chi connectivity index (χ0n) is 13.9. The van der Waals surface area contributed by atoms with Gasteiger partial charge in [-0.2, -0.15) is 5.10 Å². The number of ether oxygens (including phenoxy) is 1. The van der Waals surface area contributed by atoms with E-state index in [0.29, 0.717) is 16.8 Å². The zero-order valence-corrected chi connectivity index (χ0v) is 14.7. The van der Waals surface area contributed by atoms with Crippen LogP contribution in [-0.2, 0) is 4.74 Å². The molecule has 9 nitrogen and oxygen atoms in total. The van der Waals surface area contributed by atoms with Crippen molar-refractivity contribution in [3.8, 4) is 0 Å². The van der Waals surface area contributed by atoms with E-state index in [9.17, 15) is 14.9 Å². The summed E-state index contributed by atoms with van der Waals surface area (Å²) in [5.41, 5.74) is 6.87. The summed E-state index contributed by atoms with van der Waals surface area (Å²) >= 11 is 4.91. The van der Waals surface area contributed by atoms with Crippen LogP contribution in [0.1, 0.15) is 34.0 Å². The Morgan fingerprint density at radius 1 is 1.30 bits per heavy atom. The van der Waals surface area contributed by atoms with Crippen LogP contribution in [0, 0.1) is 10.1 Å². The van der Waals surface area contributed by atoms with E-state index in [1.54, 1.807) is 30.3 Å². The molecule has 0 aromatic heterocycles. The average molecular weight is 385 g/mol. The summed E-state index contributed by atoms with van der Waals surface area (Å²) in [6, 6.07) is 13.1. The summed E-state index contributed by atoms with van der Waals surface area (Å²) in [4.78, 5) is 22.6. The van der Waals surface area contributed by atoms with E-state index < -0.39 is 17.0 Å². The van der Waals surface area contributed by atoms with Crippen LogP contribution >= 0.6 is 12.2 Å². The molecule has 1 aliphatic heterocycles. The molecule has 10 heteroatoms. The molecule has 0 fully saturated rings. The van der Waals surface area contributed by atoms with Crippen LogP contribution in [-0.4, -0.2) is 21.7 Å². The molecule has 0 amide bonds. The number of cyclic esters (lactones) is 1. The number of thiocarbonyl (C=S) groups is 1. The van der Waals surface area contributed by atoms with Gasteiger partial charge in [-0.05, 0) is 18.3 Å². The molecular formula is C17H15N5O4S. The lowest BCUT2D eigenvalue weighted by atomic mass is 9.98. The molecule has 0 saturated carbocycles. The minimum Gasteiger partial charge on any atom is -0.453 e. The maximum Gasteiger partial charge on any atom is 0.339 e. The molecule has 1 heterocycles. The molecule has 4 N–H and O–H groups in total. The number of hydrazine groups is 1. The van der Waals surface area contributed by atoms with Crippen LogP contribution in [0.4, 0.5) is 5.69 Å². The van der Waals surface area contributed by atoms with Crippen LogP contribution in [0.2, 0.25) is 0 Å². The number of esters is 1. The topological polar surface area (TPSA) is 132 Å². The number of nitro benzene ring substituents is 1. The number of non-ortho nitro benzene ring substituents is 1. The third-order valence-corrected chi connectivity index (χ3v) is 4.18. The minimum atomic E-state index is -0.562. The molecular weight excluding hydrogens is 370 g/mol. The van der Waals surface area contributed by atoms with Gasteiger partial charge in [-0.3, -0.25) is 21.0 Å². The number of nitro groups is 1. The van der Waals surface area contributed by atoms with E-state index in [1.165, 1.54) is 12.1 Å². The fourth-order valence-electron chi connectivity index (χ4n) is 2.72. The number of hydrazone groups is 1. The van der Waals surface area contributed by atoms with Gasteiger partial charge in [0, 0.05) is 29.7 Å². The second-order valence-electron chi connectivity index (χ2n) is 5.64. The highest BCUT2D eigenvalue weighted by Gasteiger charge is 2.32. The molecule has 0 saturated heterocycles. The van der Waals surface area contributed by atoms with Crippen molar-refractivity contribution in [2.24, 2.45) is 10.9 Å². The van der Waals surface area contributed by atoms with Crippen molar-refractivity contribution >= 4 is 34.7 Å². The minimum absolute atomic E-state index is 0.0711. The fourth-order valence-corrected chi connectivity index (χ4v) is 2.77. The van der Waals surface area contributed by atoms with Gasteiger partial charge in [-0.1, -0.05) is 30.3 Å². The number of carbonyl (C=O) groups is 1. The number of nitrogens with zero attached hydrogens (tertiary/aromatic N) is 2. The highest BCUT2D eigenvalue weighted by Crippen LogP contribution is 2.34. The number of nitrogens with two attached hydrogens (primary N) is 1. The monoisotopic (exact) mass is 385 g/mol. The maximum atomic E-state index is 12.0. The molecule has 0 radical (unpaired) electrons. The lowest BCUT2D eigenvalue weighted by Crippen LogP contribution is -2.37. The largest absolute Gasteiger partial charge is 0.453 e. The van der Waals surface area contributed by atoms with Gasteiger partial charge in [0.15, 0.2) is 0 Å². The van der Waals surface area contributed by atoms with E-state index >= 15 is 0 Å². The molecule has 1 unspecified atom stereocenters. The maximum absolute atomic E-state index is 12.0. The van der Waals surface area contributed by atoms with Gasteiger partial charge in [-0.15, -0.1) is 0 Å². The van der Waals surface area contributed by atoms with Crippen LogP contribution in [0.3, 0.4) is 0 Å². The number of hydrogen-bond donors (Lipinski definition) is 3. The fraction of sp³-hybridized carbons (Fsp3) is 0.118. The first-order chi connectivity index (χ1) is 13.0. The predicted octanol–water partition coefficient (Wildman–Crippen LogP) is 1.94. The number of carbonyl (C=O) groups excluding carboxylic acids is 1. The summed E-state index contributed by atoms with van der Waals surface area (Å²) in [6.07, 6.45) is -0.364. The summed E-state index contributed by atoms with van der Waals surface area (Å²) in [6.45, 7) is 0. The van der Waals surface area contributed by atoms with Crippen molar-refractivity contribution in [2.45, 2.75) is 12.5 Å². The third kappa shape index (κ3) is 4.07. The Balaban J connectivity index is 1.94. The molecule has 0 aliphatic carbocycles. The Labute approximate surface area is 159 Å². The van der Waals surface area contributed by atoms with E-state index in [1.807, 2.05) is 6.07 Å². The Morgan fingerprint density at radius 2 is 2.07 bits per heavy atom. The molecule has 0 bridgehead atoms. The molecule has 1 atom stereocenters. The van der Waals surface area contributed by atoms with Crippen molar-refractivity contribution in [1.82, 2.24) is 10.9 Å². The van der Waals surface area contributed by atoms with Gasteiger partial charge < -0.3 is 4.74 Å². The first-order valence-corrected chi connectivity index (χ1v) is 8.28. The van der Waals surface area contributed by atoms with Gasteiger partial charge in [0.05, 0.1) is 16.2 Å². The highest BCUT2D eigenvalue weighted by molar-refractivity contribution is 7.80. The number of hydrogen-bond acceptors (Lipinski definition) is 7. The van der Waals surface area contributed by atoms with E-state index in [2.05, 4.69) is 16.0 Å². The molecule has 27 heavy (non-hydrogen) atoms. The number of nitrogens with one attached hydrogen (secondary N) is 2. The highest BCUT2D eigenvalue weighted by atomic mass is 32.1. The van der Waals surface area contributed by atoms with Crippen molar-refractivity contribution < 1.29 is 14.5 Å². The quantitative estimate of drug-likeness (QED) is 0.178. The lowest BCUT2D eigenvalue weighted by molar-refractivity contribution is -0.384.